The first kappa shape index (κ1) is 14.5. The van der Waals surface area contributed by atoms with Gasteiger partial charge in [-0.1, -0.05) is 37.6 Å². The Kier molecular flexibility index (Phi) is 4.93. The van der Waals surface area contributed by atoms with Crippen LogP contribution >= 0.6 is 34.7 Å². The SMILES string of the molecule is CC[C@H](C)Sc1scc(-c2ccc(Cl)cc2)c1C#N. The zero-order valence-electron chi connectivity index (χ0n) is 10.8. The molecule has 2 aromatic rings. The zero-order chi connectivity index (χ0) is 13.8. The molecule has 19 heavy (non-hydrogen) atoms. The predicted octanol–water partition coefficient (Wildman–Crippen LogP) is 5.83. The third kappa shape index (κ3) is 3.33. The van der Waals surface area contributed by atoms with Crippen LogP contribution in [0.1, 0.15) is 25.8 Å². The van der Waals surface area contributed by atoms with Crippen LogP contribution < -0.4 is 0 Å². The molecule has 0 saturated carbocycles. The smallest absolute Gasteiger partial charge is 0.102 e. The Hall–Kier alpha value is -0.950. The van der Waals surface area contributed by atoms with Crippen LogP contribution in [0.2, 0.25) is 5.02 Å². The standard InChI is InChI=1S/C15H14ClNS2/c1-3-10(2)19-15-13(8-17)14(9-18-15)11-4-6-12(16)7-5-11/h4-7,9-10H,3H2,1-2H3/t10-/m0/s1. The van der Waals surface area contributed by atoms with Gasteiger partial charge in [0.1, 0.15) is 6.07 Å². The molecule has 1 aromatic heterocycles. The number of nitriles is 1. The summed E-state index contributed by atoms with van der Waals surface area (Å²) < 4.78 is 1.11. The fraction of sp³-hybridized carbons (Fsp3) is 0.267. The van der Waals surface area contributed by atoms with Crippen molar-refractivity contribution in [2.24, 2.45) is 0 Å². The summed E-state index contributed by atoms with van der Waals surface area (Å²) in [6.45, 7) is 4.35. The fourth-order valence-electron chi connectivity index (χ4n) is 1.64. The van der Waals surface area contributed by atoms with Gasteiger partial charge in [0.2, 0.25) is 0 Å². The van der Waals surface area contributed by atoms with Gasteiger partial charge in [0.15, 0.2) is 0 Å². The van der Waals surface area contributed by atoms with Crippen molar-refractivity contribution in [2.75, 3.05) is 0 Å². The molecular formula is C15H14ClNS2. The molecule has 0 spiro atoms. The number of benzene rings is 1. The van der Waals surface area contributed by atoms with E-state index >= 15 is 0 Å². The minimum atomic E-state index is 0.531. The molecule has 1 heterocycles. The average Bonchev–Trinajstić information content (AvgIpc) is 2.82. The second kappa shape index (κ2) is 6.47. The molecule has 2 rings (SSSR count). The minimum Gasteiger partial charge on any atom is -0.192 e. The van der Waals surface area contributed by atoms with E-state index in [0.717, 1.165) is 27.3 Å². The molecule has 0 aliphatic carbocycles. The number of rotatable bonds is 4. The summed E-state index contributed by atoms with van der Waals surface area (Å²) in [5.41, 5.74) is 2.85. The van der Waals surface area contributed by atoms with Gasteiger partial charge in [-0.05, 0) is 24.1 Å². The maximum Gasteiger partial charge on any atom is 0.102 e. The molecule has 0 radical (unpaired) electrons. The number of hydrogen-bond acceptors (Lipinski definition) is 3. The first-order valence-electron chi connectivity index (χ1n) is 6.09. The van der Waals surface area contributed by atoms with E-state index in [9.17, 15) is 5.26 Å². The quantitative estimate of drug-likeness (QED) is 0.663. The topological polar surface area (TPSA) is 23.8 Å². The summed E-state index contributed by atoms with van der Waals surface area (Å²) in [7, 11) is 0. The molecule has 0 unspecified atom stereocenters. The van der Waals surface area contributed by atoms with Gasteiger partial charge < -0.3 is 0 Å². The number of hydrogen-bond donors (Lipinski definition) is 0. The van der Waals surface area contributed by atoms with E-state index in [1.54, 1.807) is 23.1 Å². The summed E-state index contributed by atoms with van der Waals surface area (Å²) in [6, 6.07) is 9.98. The van der Waals surface area contributed by atoms with Crippen molar-refractivity contribution < 1.29 is 0 Å². The number of halogens is 1. The maximum absolute atomic E-state index is 9.41. The van der Waals surface area contributed by atoms with Crippen LogP contribution in [-0.2, 0) is 0 Å². The van der Waals surface area contributed by atoms with Crippen LogP contribution in [0.4, 0.5) is 0 Å². The van der Waals surface area contributed by atoms with Crippen molar-refractivity contribution in [3.05, 3.63) is 40.2 Å². The van der Waals surface area contributed by atoms with Crippen LogP contribution in [0.3, 0.4) is 0 Å². The van der Waals surface area contributed by atoms with Gasteiger partial charge in [0.05, 0.1) is 9.77 Å². The van der Waals surface area contributed by atoms with Crippen molar-refractivity contribution in [1.82, 2.24) is 0 Å². The van der Waals surface area contributed by atoms with Crippen molar-refractivity contribution in [1.29, 1.82) is 5.26 Å². The van der Waals surface area contributed by atoms with Gasteiger partial charge in [-0.25, -0.2) is 0 Å². The number of thiophene rings is 1. The molecule has 98 valence electrons. The fourth-order valence-corrected chi connectivity index (χ4v) is 4.18. The lowest BCUT2D eigenvalue weighted by Gasteiger charge is -2.06. The second-order valence-corrected chi connectivity index (χ2v) is 7.29. The third-order valence-electron chi connectivity index (χ3n) is 2.91. The Balaban J connectivity index is 2.37. The Bertz CT molecular complexity index is 596. The van der Waals surface area contributed by atoms with Crippen molar-refractivity contribution in [3.63, 3.8) is 0 Å². The minimum absolute atomic E-state index is 0.531. The molecule has 0 fully saturated rings. The van der Waals surface area contributed by atoms with Gasteiger partial charge in [0, 0.05) is 21.2 Å². The summed E-state index contributed by atoms with van der Waals surface area (Å²) >= 11 is 9.33. The van der Waals surface area contributed by atoms with Gasteiger partial charge in [-0.2, -0.15) is 5.26 Å². The highest BCUT2D eigenvalue weighted by Crippen LogP contribution is 2.39. The van der Waals surface area contributed by atoms with Crippen molar-refractivity contribution in [3.8, 4) is 17.2 Å². The van der Waals surface area contributed by atoms with Gasteiger partial charge in [0.25, 0.3) is 0 Å². The van der Waals surface area contributed by atoms with E-state index in [1.165, 1.54) is 0 Å². The molecule has 4 heteroatoms. The van der Waals surface area contributed by atoms with E-state index in [-0.39, 0.29) is 0 Å². The molecule has 1 aromatic carbocycles. The Morgan fingerprint density at radius 2 is 2.05 bits per heavy atom. The molecule has 0 N–H and O–H groups in total. The van der Waals surface area contributed by atoms with E-state index in [1.807, 2.05) is 24.3 Å². The molecule has 0 aliphatic heterocycles. The summed E-state index contributed by atoms with van der Waals surface area (Å²) in [4.78, 5) is 0. The summed E-state index contributed by atoms with van der Waals surface area (Å²) in [6.07, 6.45) is 1.10. The molecule has 0 saturated heterocycles. The van der Waals surface area contributed by atoms with Crippen LogP contribution in [0.15, 0.2) is 33.9 Å². The van der Waals surface area contributed by atoms with Gasteiger partial charge >= 0.3 is 0 Å². The Morgan fingerprint density at radius 1 is 1.37 bits per heavy atom. The summed E-state index contributed by atoms with van der Waals surface area (Å²) in [5, 5.41) is 12.7. The van der Waals surface area contributed by atoms with Crippen LogP contribution in [-0.4, -0.2) is 5.25 Å². The third-order valence-corrected chi connectivity index (χ3v) is 5.66. The average molecular weight is 308 g/mol. The Morgan fingerprint density at radius 3 is 2.63 bits per heavy atom. The lowest BCUT2D eigenvalue weighted by Crippen LogP contribution is -1.91. The Labute approximate surface area is 127 Å². The van der Waals surface area contributed by atoms with E-state index < -0.39 is 0 Å². The van der Waals surface area contributed by atoms with Crippen molar-refractivity contribution in [2.45, 2.75) is 29.7 Å². The maximum atomic E-state index is 9.41. The van der Waals surface area contributed by atoms with Crippen LogP contribution in [0.25, 0.3) is 11.1 Å². The molecule has 1 nitrogen and oxygen atoms in total. The highest BCUT2D eigenvalue weighted by atomic mass is 35.5. The first-order valence-corrected chi connectivity index (χ1v) is 8.23. The normalized spacial score (nSPS) is 12.1. The van der Waals surface area contributed by atoms with Crippen LogP contribution in [0.5, 0.6) is 0 Å². The van der Waals surface area contributed by atoms with E-state index in [0.29, 0.717) is 10.3 Å². The monoisotopic (exact) mass is 307 g/mol. The lowest BCUT2D eigenvalue weighted by molar-refractivity contribution is 0.907. The first-order chi connectivity index (χ1) is 9.15. The highest BCUT2D eigenvalue weighted by molar-refractivity contribution is 8.01. The van der Waals surface area contributed by atoms with Crippen molar-refractivity contribution >= 4 is 34.7 Å². The van der Waals surface area contributed by atoms with Crippen LogP contribution in [0, 0.1) is 11.3 Å². The molecular weight excluding hydrogens is 294 g/mol. The highest BCUT2D eigenvalue weighted by Gasteiger charge is 2.15. The van der Waals surface area contributed by atoms with E-state index in [2.05, 4.69) is 25.3 Å². The van der Waals surface area contributed by atoms with Gasteiger partial charge in [-0.3, -0.25) is 0 Å². The molecule has 1 atom stereocenters. The van der Waals surface area contributed by atoms with Gasteiger partial charge in [-0.15, -0.1) is 23.1 Å². The molecule has 0 bridgehead atoms. The number of thioether (sulfide) groups is 1. The predicted molar refractivity (Wildman–Crippen MR) is 85.1 cm³/mol. The summed E-state index contributed by atoms with van der Waals surface area (Å²) in [5.74, 6) is 0. The number of nitrogens with zero attached hydrogens (tertiary/aromatic N) is 1. The lowest BCUT2D eigenvalue weighted by atomic mass is 10.1. The largest absolute Gasteiger partial charge is 0.192 e. The van der Waals surface area contributed by atoms with E-state index in [4.69, 9.17) is 11.6 Å². The molecule has 0 aliphatic rings. The zero-order valence-corrected chi connectivity index (χ0v) is 13.2. The second-order valence-electron chi connectivity index (χ2n) is 4.27. The molecule has 0 amide bonds.